The predicted molar refractivity (Wildman–Crippen MR) is 78.8 cm³/mol. The topological polar surface area (TPSA) is 68.0 Å². The molecule has 3 aromatic rings. The molecule has 2 aromatic heterocycles. The first-order valence-corrected chi connectivity index (χ1v) is 6.58. The molecule has 110 valence electrons. The van der Waals surface area contributed by atoms with Gasteiger partial charge in [-0.05, 0) is 30.7 Å². The number of carbonyl (C=O) groups excluding carboxylic acids is 1. The second-order valence-electron chi connectivity index (χ2n) is 4.76. The number of aryl methyl sites for hydroxylation is 1. The van der Waals surface area contributed by atoms with E-state index in [-0.39, 0.29) is 11.6 Å². The molecule has 0 saturated heterocycles. The van der Waals surface area contributed by atoms with Crippen LogP contribution in [0, 0.1) is 12.7 Å². The fourth-order valence-electron chi connectivity index (χ4n) is 1.89. The zero-order valence-corrected chi connectivity index (χ0v) is 11.7. The minimum atomic E-state index is -0.466. The molecule has 0 aliphatic carbocycles. The van der Waals surface area contributed by atoms with E-state index in [1.165, 1.54) is 18.2 Å². The Labute approximate surface area is 125 Å². The summed E-state index contributed by atoms with van der Waals surface area (Å²) < 4.78 is 18.2. The summed E-state index contributed by atoms with van der Waals surface area (Å²) in [5.41, 5.74) is 1.92. The van der Waals surface area contributed by atoms with Crippen LogP contribution in [-0.2, 0) is 0 Å². The first kappa shape index (κ1) is 13.9. The number of amides is 1. The van der Waals surface area contributed by atoms with Crippen LogP contribution >= 0.6 is 0 Å². The number of anilines is 1. The molecule has 1 N–H and O–H groups in total. The van der Waals surface area contributed by atoms with Gasteiger partial charge in [-0.2, -0.15) is 0 Å². The third-order valence-corrected chi connectivity index (χ3v) is 3.01. The van der Waals surface area contributed by atoms with Gasteiger partial charge in [-0.25, -0.2) is 9.37 Å². The number of benzene rings is 1. The molecule has 0 aliphatic heterocycles. The van der Waals surface area contributed by atoms with Gasteiger partial charge >= 0.3 is 0 Å². The van der Waals surface area contributed by atoms with Gasteiger partial charge in [0.25, 0.3) is 5.91 Å². The SMILES string of the molecule is Cc1ccc(NC(=O)c2cc(-c3cccc(F)c3)no2)nc1. The summed E-state index contributed by atoms with van der Waals surface area (Å²) in [5.74, 6) is -0.400. The Balaban J connectivity index is 1.78. The van der Waals surface area contributed by atoms with E-state index in [0.29, 0.717) is 17.1 Å². The number of rotatable bonds is 3. The number of hydrogen-bond donors (Lipinski definition) is 1. The minimum Gasteiger partial charge on any atom is -0.350 e. The maximum Gasteiger partial charge on any atom is 0.295 e. The second-order valence-corrected chi connectivity index (χ2v) is 4.76. The Morgan fingerprint density at radius 3 is 2.82 bits per heavy atom. The zero-order valence-electron chi connectivity index (χ0n) is 11.7. The van der Waals surface area contributed by atoms with Gasteiger partial charge in [0, 0.05) is 17.8 Å². The summed E-state index contributed by atoms with van der Waals surface area (Å²) in [4.78, 5) is 16.1. The summed E-state index contributed by atoms with van der Waals surface area (Å²) in [6.07, 6.45) is 1.65. The first-order chi connectivity index (χ1) is 10.6. The van der Waals surface area contributed by atoms with Crippen LogP contribution in [0.25, 0.3) is 11.3 Å². The third-order valence-electron chi connectivity index (χ3n) is 3.01. The van der Waals surface area contributed by atoms with E-state index in [2.05, 4.69) is 15.5 Å². The van der Waals surface area contributed by atoms with Crippen LogP contribution in [0.4, 0.5) is 10.2 Å². The van der Waals surface area contributed by atoms with E-state index in [1.54, 1.807) is 24.4 Å². The van der Waals surface area contributed by atoms with Crippen molar-refractivity contribution in [3.8, 4) is 11.3 Å². The molecule has 1 aromatic carbocycles. The van der Waals surface area contributed by atoms with Gasteiger partial charge in [0.05, 0.1) is 0 Å². The number of halogens is 1. The monoisotopic (exact) mass is 297 g/mol. The van der Waals surface area contributed by atoms with Crippen molar-refractivity contribution in [3.63, 3.8) is 0 Å². The first-order valence-electron chi connectivity index (χ1n) is 6.58. The highest BCUT2D eigenvalue weighted by Crippen LogP contribution is 2.20. The Morgan fingerprint density at radius 2 is 2.09 bits per heavy atom. The molecule has 0 radical (unpaired) electrons. The zero-order chi connectivity index (χ0) is 15.5. The molecule has 0 bridgehead atoms. The number of pyridine rings is 1. The van der Waals surface area contributed by atoms with Crippen molar-refractivity contribution >= 4 is 11.7 Å². The molecule has 2 heterocycles. The van der Waals surface area contributed by atoms with E-state index >= 15 is 0 Å². The van der Waals surface area contributed by atoms with Crippen molar-refractivity contribution in [2.24, 2.45) is 0 Å². The van der Waals surface area contributed by atoms with Crippen LogP contribution in [0.3, 0.4) is 0 Å². The highest BCUT2D eigenvalue weighted by molar-refractivity contribution is 6.02. The van der Waals surface area contributed by atoms with E-state index in [0.717, 1.165) is 5.56 Å². The Morgan fingerprint density at radius 1 is 1.23 bits per heavy atom. The van der Waals surface area contributed by atoms with Gasteiger partial charge in [0.1, 0.15) is 17.3 Å². The van der Waals surface area contributed by atoms with Gasteiger partial charge in [0.2, 0.25) is 5.76 Å². The number of hydrogen-bond acceptors (Lipinski definition) is 4. The molecular weight excluding hydrogens is 285 g/mol. The lowest BCUT2D eigenvalue weighted by molar-refractivity contribution is 0.0987. The van der Waals surface area contributed by atoms with E-state index in [4.69, 9.17) is 4.52 Å². The van der Waals surface area contributed by atoms with Crippen molar-refractivity contribution < 1.29 is 13.7 Å². The molecule has 3 rings (SSSR count). The summed E-state index contributed by atoms with van der Waals surface area (Å²) >= 11 is 0. The largest absolute Gasteiger partial charge is 0.350 e. The molecular formula is C16H12FN3O2. The highest BCUT2D eigenvalue weighted by atomic mass is 19.1. The number of nitrogens with zero attached hydrogens (tertiary/aromatic N) is 2. The molecule has 1 amide bonds. The molecule has 0 saturated carbocycles. The Bertz CT molecular complexity index is 812. The molecule has 0 atom stereocenters. The molecule has 0 spiro atoms. The quantitative estimate of drug-likeness (QED) is 0.804. The van der Waals surface area contributed by atoms with Crippen LogP contribution in [0.5, 0.6) is 0 Å². The maximum atomic E-state index is 13.2. The van der Waals surface area contributed by atoms with Gasteiger partial charge in [-0.15, -0.1) is 0 Å². The van der Waals surface area contributed by atoms with Crippen molar-refractivity contribution in [2.45, 2.75) is 6.92 Å². The Kier molecular flexibility index (Phi) is 3.65. The average molecular weight is 297 g/mol. The molecule has 22 heavy (non-hydrogen) atoms. The van der Waals surface area contributed by atoms with Gasteiger partial charge in [-0.1, -0.05) is 23.4 Å². The van der Waals surface area contributed by atoms with Crippen molar-refractivity contribution in [2.75, 3.05) is 5.32 Å². The van der Waals surface area contributed by atoms with E-state index < -0.39 is 5.91 Å². The van der Waals surface area contributed by atoms with Crippen LogP contribution in [-0.4, -0.2) is 16.0 Å². The number of nitrogens with one attached hydrogen (secondary N) is 1. The number of carbonyl (C=O) groups is 1. The van der Waals surface area contributed by atoms with Gasteiger partial charge < -0.3 is 9.84 Å². The van der Waals surface area contributed by atoms with Crippen molar-refractivity contribution in [3.05, 3.63) is 65.8 Å². The van der Waals surface area contributed by atoms with Crippen molar-refractivity contribution in [1.29, 1.82) is 0 Å². The van der Waals surface area contributed by atoms with Crippen LogP contribution < -0.4 is 5.32 Å². The maximum absolute atomic E-state index is 13.2. The molecule has 0 fully saturated rings. The third kappa shape index (κ3) is 3.01. The van der Waals surface area contributed by atoms with E-state index in [1.807, 2.05) is 13.0 Å². The lowest BCUT2D eigenvalue weighted by Crippen LogP contribution is -2.11. The van der Waals surface area contributed by atoms with E-state index in [9.17, 15) is 9.18 Å². The normalized spacial score (nSPS) is 10.5. The van der Waals surface area contributed by atoms with Crippen LogP contribution in [0.15, 0.2) is 53.2 Å². The molecule has 6 heteroatoms. The lowest BCUT2D eigenvalue weighted by atomic mass is 10.1. The smallest absolute Gasteiger partial charge is 0.295 e. The summed E-state index contributed by atoms with van der Waals surface area (Å²) in [7, 11) is 0. The van der Waals surface area contributed by atoms with Gasteiger partial charge in [-0.3, -0.25) is 4.79 Å². The molecule has 5 nitrogen and oxygen atoms in total. The molecule has 0 aliphatic rings. The molecule has 0 unspecified atom stereocenters. The fraction of sp³-hybridized carbons (Fsp3) is 0.0625. The fourth-order valence-corrected chi connectivity index (χ4v) is 1.89. The predicted octanol–water partition coefficient (Wildman–Crippen LogP) is 3.44. The highest BCUT2D eigenvalue weighted by Gasteiger charge is 2.15. The lowest BCUT2D eigenvalue weighted by Gasteiger charge is -2.01. The standard InChI is InChI=1S/C16H12FN3O2/c1-10-5-6-15(18-9-10)19-16(21)14-8-13(20-22-14)11-3-2-4-12(17)7-11/h2-9H,1H3,(H,18,19,21). The second kappa shape index (κ2) is 5.77. The van der Waals surface area contributed by atoms with Gasteiger partial charge in [0.15, 0.2) is 0 Å². The minimum absolute atomic E-state index is 0.0293. The van der Waals surface area contributed by atoms with Crippen LogP contribution in [0.1, 0.15) is 16.1 Å². The summed E-state index contributed by atoms with van der Waals surface area (Å²) in [5, 5.41) is 6.39. The van der Waals surface area contributed by atoms with Crippen molar-refractivity contribution in [1.82, 2.24) is 10.1 Å². The summed E-state index contributed by atoms with van der Waals surface area (Å²) in [6.45, 7) is 1.90. The van der Waals surface area contributed by atoms with Crippen LogP contribution in [0.2, 0.25) is 0 Å². The summed E-state index contributed by atoms with van der Waals surface area (Å²) in [6, 6.07) is 10.9. The average Bonchev–Trinajstić information content (AvgIpc) is 3.00. The Hall–Kier alpha value is -3.02. The number of aromatic nitrogens is 2.